The van der Waals surface area contributed by atoms with Gasteiger partial charge < -0.3 is 10.2 Å². The highest BCUT2D eigenvalue weighted by Crippen LogP contribution is 2.42. The first-order valence-corrected chi connectivity index (χ1v) is 13.0. The summed E-state index contributed by atoms with van der Waals surface area (Å²) in [6.45, 7) is 6.88. The van der Waals surface area contributed by atoms with Gasteiger partial charge in [-0.25, -0.2) is 0 Å². The summed E-state index contributed by atoms with van der Waals surface area (Å²) < 4.78 is 0. The smallest absolute Gasteiger partial charge is 0.239 e. The molecule has 0 aromatic rings. The van der Waals surface area contributed by atoms with Gasteiger partial charge in [0.1, 0.15) is 0 Å². The average molecular weight is 434 g/mol. The van der Waals surface area contributed by atoms with Crippen LogP contribution in [0.1, 0.15) is 65.2 Å². The van der Waals surface area contributed by atoms with Crippen molar-refractivity contribution in [3.63, 3.8) is 0 Å². The number of likely N-dealkylation sites (N-methyl/N-ethyl adjacent to an activating group) is 1. The number of carbonyl (C=O) groups is 2. The molecule has 1 aliphatic carbocycles. The topological polar surface area (TPSA) is 52.7 Å². The van der Waals surface area contributed by atoms with Gasteiger partial charge in [0.25, 0.3) is 0 Å². The van der Waals surface area contributed by atoms with E-state index >= 15 is 0 Å². The normalized spacial score (nSPS) is 31.2. The van der Waals surface area contributed by atoms with E-state index in [1.54, 1.807) is 7.05 Å². The van der Waals surface area contributed by atoms with Crippen LogP contribution in [0.4, 0.5) is 0 Å². The maximum atomic E-state index is 13.4. The molecule has 5 nitrogen and oxygen atoms in total. The maximum absolute atomic E-state index is 13.4. The van der Waals surface area contributed by atoms with Gasteiger partial charge in [-0.3, -0.25) is 14.5 Å². The summed E-state index contributed by atoms with van der Waals surface area (Å²) in [7, 11) is 1.71. The van der Waals surface area contributed by atoms with E-state index in [0.29, 0.717) is 17.9 Å². The predicted octanol–water partition coefficient (Wildman–Crippen LogP) is 3.65. The SMILES string of the molecule is CNC(=O)C(C)(C)N1CCC(C2=CC(C(=O)N3CCCC4CCCCC43)CS2)CC1. The summed E-state index contributed by atoms with van der Waals surface area (Å²) in [5.41, 5.74) is -0.458. The first kappa shape index (κ1) is 22.2. The van der Waals surface area contributed by atoms with Gasteiger partial charge in [0.15, 0.2) is 0 Å². The van der Waals surface area contributed by atoms with Crippen molar-refractivity contribution in [1.82, 2.24) is 15.1 Å². The number of piperidine rings is 2. The fourth-order valence-electron chi connectivity index (χ4n) is 6.16. The summed E-state index contributed by atoms with van der Waals surface area (Å²) in [4.78, 5) is 31.6. The number of nitrogens with zero attached hydrogens (tertiary/aromatic N) is 2. The van der Waals surface area contributed by atoms with Crippen LogP contribution in [-0.2, 0) is 9.59 Å². The monoisotopic (exact) mass is 433 g/mol. The van der Waals surface area contributed by atoms with Gasteiger partial charge in [-0.2, -0.15) is 0 Å². The van der Waals surface area contributed by atoms with E-state index in [9.17, 15) is 9.59 Å². The van der Waals surface area contributed by atoms with Crippen molar-refractivity contribution in [1.29, 1.82) is 0 Å². The summed E-state index contributed by atoms with van der Waals surface area (Å²) in [6, 6.07) is 0.512. The molecule has 1 saturated carbocycles. The number of nitrogens with one attached hydrogen (secondary N) is 1. The zero-order valence-corrected chi connectivity index (χ0v) is 19.8. The van der Waals surface area contributed by atoms with Crippen molar-refractivity contribution >= 4 is 23.6 Å². The average Bonchev–Trinajstić information content (AvgIpc) is 3.28. The van der Waals surface area contributed by atoms with Crippen molar-refractivity contribution in [3.8, 4) is 0 Å². The van der Waals surface area contributed by atoms with Crippen molar-refractivity contribution < 1.29 is 9.59 Å². The lowest BCUT2D eigenvalue weighted by Crippen LogP contribution is -2.56. The summed E-state index contributed by atoms with van der Waals surface area (Å²) in [5.74, 6) is 2.78. The molecule has 0 radical (unpaired) electrons. The van der Waals surface area contributed by atoms with Crippen LogP contribution in [0, 0.1) is 17.8 Å². The van der Waals surface area contributed by atoms with Crippen molar-refractivity contribution in [2.75, 3.05) is 32.4 Å². The Hall–Kier alpha value is -1.01. The van der Waals surface area contributed by atoms with E-state index in [1.165, 1.54) is 43.4 Å². The van der Waals surface area contributed by atoms with E-state index in [-0.39, 0.29) is 11.8 Å². The van der Waals surface area contributed by atoms with E-state index < -0.39 is 5.54 Å². The first-order chi connectivity index (χ1) is 14.4. The molecule has 3 atom stereocenters. The summed E-state index contributed by atoms with van der Waals surface area (Å²) in [6.07, 6.45) is 12.1. The van der Waals surface area contributed by atoms with Gasteiger partial charge >= 0.3 is 0 Å². The van der Waals surface area contributed by atoms with Crippen molar-refractivity contribution in [2.45, 2.75) is 76.8 Å². The number of amides is 2. The van der Waals surface area contributed by atoms with Crippen LogP contribution in [0.15, 0.2) is 11.0 Å². The molecule has 168 valence electrons. The molecule has 3 unspecified atom stereocenters. The van der Waals surface area contributed by atoms with E-state index in [1.807, 2.05) is 25.6 Å². The third-order valence-electron chi connectivity index (χ3n) is 8.11. The maximum Gasteiger partial charge on any atom is 0.239 e. The highest BCUT2D eigenvalue weighted by molar-refractivity contribution is 8.03. The Balaban J connectivity index is 1.35. The number of fused-ring (bicyclic) bond motifs is 1. The predicted molar refractivity (Wildman–Crippen MR) is 123 cm³/mol. The lowest BCUT2D eigenvalue weighted by molar-refractivity contribution is -0.139. The molecule has 4 rings (SSSR count). The number of rotatable bonds is 4. The van der Waals surface area contributed by atoms with Crippen LogP contribution in [-0.4, -0.2) is 65.6 Å². The Morgan fingerprint density at radius 3 is 2.47 bits per heavy atom. The second kappa shape index (κ2) is 9.23. The van der Waals surface area contributed by atoms with E-state index in [2.05, 4.69) is 21.2 Å². The molecule has 3 heterocycles. The van der Waals surface area contributed by atoms with E-state index in [4.69, 9.17) is 0 Å². The van der Waals surface area contributed by atoms with Crippen LogP contribution in [0.5, 0.6) is 0 Å². The minimum atomic E-state index is -0.458. The molecule has 30 heavy (non-hydrogen) atoms. The lowest BCUT2D eigenvalue weighted by atomic mass is 9.78. The summed E-state index contributed by atoms with van der Waals surface area (Å²) in [5, 5.41) is 2.80. The molecule has 3 aliphatic heterocycles. The van der Waals surface area contributed by atoms with Gasteiger partial charge in [0.05, 0.1) is 11.5 Å². The number of thioether (sulfide) groups is 1. The molecule has 0 spiro atoms. The molecule has 2 amide bonds. The van der Waals surface area contributed by atoms with Gasteiger partial charge in [-0.1, -0.05) is 18.9 Å². The van der Waals surface area contributed by atoms with Crippen LogP contribution < -0.4 is 5.32 Å². The molecule has 0 aromatic heterocycles. The standard InChI is InChI=1S/C24H39N3O2S/c1-24(2,23(29)25-3)26-13-10-18(11-14-26)21-15-19(16-30-21)22(28)27-12-6-8-17-7-4-5-9-20(17)27/h15,17-20H,4-14,16H2,1-3H3,(H,25,29). The molecule has 1 N–H and O–H groups in total. The quantitative estimate of drug-likeness (QED) is 0.735. The minimum absolute atomic E-state index is 0.0750. The zero-order valence-electron chi connectivity index (χ0n) is 19.0. The molecule has 3 fully saturated rings. The first-order valence-electron chi connectivity index (χ1n) is 12.0. The molecule has 2 saturated heterocycles. The molecular weight excluding hydrogens is 394 g/mol. The van der Waals surface area contributed by atoms with Crippen LogP contribution in [0.25, 0.3) is 0 Å². The molecular formula is C24H39N3O2S. The van der Waals surface area contributed by atoms with Gasteiger partial charge in [-0.15, -0.1) is 11.8 Å². The van der Waals surface area contributed by atoms with Gasteiger partial charge in [-0.05, 0) is 82.2 Å². The lowest BCUT2D eigenvalue weighted by Gasteiger charge is -2.44. The van der Waals surface area contributed by atoms with Crippen molar-refractivity contribution in [2.24, 2.45) is 17.8 Å². The second-order valence-corrected chi connectivity index (χ2v) is 11.3. The van der Waals surface area contributed by atoms with Gasteiger partial charge in [0, 0.05) is 25.4 Å². The summed E-state index contributed by atoms with van der Waals surface area (Å²) >= 11 is 1.91. The third kappa shape index (κ3) is 4.32. The number of hydrogen-bond donors (Lipinski definition) is 1. The van der Waals surface area contributed by atoms with Gasteiger partial charge in [0.2, 0.25) is 11.8 Å². The number of likely N-dealkylation sites (tertiary alicyclic amines) is 2. The number of carbonyl (C=O) groups excluding carboxylic acids is 2. The Morgan fingerprint density at radius 2 is 1.73 bits per heavy atom. The molecule has 6 heteroatoms. The van der Waals surface area contributed by atoms with Crippen LogP contribution in [0.3, 0.4) is 0 Å². The molecule has 0 bridgehead atoms. The Kier molecular flexibility index (Phi) is 6.83. The van der Waals surface area contributed by atoms with Crippen LogP contribution >= 0.6 is 11.8 Å². The highest BCUT2D eigenvalue weighted by atomic mass is 32.2. The molecule has 4 aliphatic rings. The molecule has 0 aromatic carbocycles. The third-order valence-corrected chi connectivity index (χ3v) is 9.44. The van der Waals surface area contributed by atoms with Crippen molar-refractivity contribution in [3.05, 3.63) is 11.0 Å². The largest absolute Gasteiger partial charge is 0.358 e. The van der Waals surface area contributed by atoms with E-state index in [0.717, 1.165) is 44.1 Å². The number of allylic oxidation sites excluding steroid dienone is 1. The second-order valence-electron chi connectivity index (χ2n) is 10.2. The Morgan fingerprint density at radius 1 is 1.03 bits per heavy atom. The number of hydrogen-bond acceptors (Lipinski definition) is 4. The Bertz CT molecular complexity index is 682. The zero-order chi connectivity index (χ0) is 21.3. The fourth-order valence-corrected chi connectivity index (χ4v) is 7.50. The Labute approximate surface area is 186 Å². The minimum Gasteiger partial charge on any atom is -0.358 e. The highest BCUT2D eigenvalue weighted by Gasteiger charge is 2.40. The van der Waals surface area contributed by atoms with Crippen LogP contribution in [0.2, 0.25) is 0 Å². The fraction of sp³-hybridized carbons (Fsp3) is 0.833.